The molecule has 2 N–H and O–H groups in total. The van der Waals surface area contributed by atoms with E-state index in [2.05, 4.69) is 5.32 Å². The summed E-state index contributed by atoms with van der Waals surface area (Å²) in [5, 5.41) is 13.5. The van der Waals surface area contributed by atoms with Gasteiger partial charge in [-0.2, -0.15) is 0 Å². The van der Waals surface area contributed by atoms with Crippen LogP contribution in [0.3, 0.4) is 0 Å². The predicted octanol–water partition coefficient (Wildman–Crippen LogP) is 0.944. The summed E-state index contributed by atoms with van der Waals surface area (Å²) >= 11 is 1.29. The van der Waals surface area contributed by atoms with E-state index in [-0.39, 0.29) is 18.4 Å². The second-order valence-electron chi connectivity index (χ2n) is 4.89. The van der Waals surface area contributed by atoms with E-state index < -0.39 is 11.5 Å². The summed E-state index contributed by atoms with van der Waals surface area (Å²) < 4.78 is 0. The van der Waals surface area contributed by atoms with Crippen LogP contribution >= 0.6 is 11.3 Å². The van der Waals surface area contributed by atoms with Crippen LogP contribution in [0.2, 0.25) is 0 Å². The summed E-state index contributed by atoms with van der Waals surface area (Å²) in [6, 6.07) is 3.42. The maximum Gasteiger partial charge on any atom is 0.329 e. The van der Waals surface area contributed by atoms with Gasteiger partial charge in [0, 0.05) is 6.54 Å². The number of thiophene rings is 1. The van der Waals surface area contributed by atoms with Gasteiger partial charge in [0.2, 0.25) is 5.91 Å². The van der Waals surface area contributed by atoms with E-state index in [1.54, 1.807) is 24.4 Å². The fourth-order valence-corrected chi connectivity index (χ4v) is 2.97. The lowest BCUT2D eigenvalue weighted by Crippen LogP contribution is -2.53. The van der Waals surface area contributed by atoms with Gasteiger partial charge >= 0.3 is 5.97 Å². The van der Waals surface area contributed by atoms with Gasteiger partial charge in [-0.25, -0.2) is 4.79 Å². The van der Waals surface area contributed by atoms with Gasteiger partial charge in [0.05, 0.1) is 11.4 Å². The zero-order valence-corrected chi connectivity index (χ0v) is 11.9. The molecule has 0 radical (unpaired) electrons. The second kappa shape index (κ2) is 5.62. The third kappa shape index (κ3) is 2.67. The Balaban J connectivity index is 1.95. The Kier molecular flexibility index (Phi) is 4.08. The average molecular weight is 296 g/mol. The van der Waals surface area contributed by atoms with Gasteiger partial charge in [-0.05, 0) is 31.2 Å². The molecule has 1 aromatic heterocycles. The second-order valence-corrected chi connectivity index (χ2v) is 5.84. The summed E-state index contributed by atoms with van der Waals surface area (Å²) in [5.41, 5.74) is -1.16. The van der Waals surface area contributed by atoms with Gasteiger partial charge in [-0.3, -0.25) is 9.59 Å². The van der Waals surface area contributed by atoms with Crippen molar-refractivity contribution in [3.63, 3.8) is 0 Å². The van der Waals surface area contributed by atoms with Crippen LogP contribution in [0.25, 0.3) is 0 Å². The van der Waals surface area contributed by atoms with Crippen molar-refractivity contribution in [1.82, 2.24) is 10.2 Å². The van der Waals surface area contributed by atoms with Crippen molar-refractivity contribution in [3.05, 3.63) is 22.4 Å². The van der Waals surface area contributed by atoms with Crippen LogP contribution in [0.1, 0.15) is 29.4 Å². The van der Waals surface area contributed by atoms with Crippen molar-refractivity contribution in [2.24, 2.45) is 0 Å². The number of carboxylic acids is 1. The Morgan fingerprint density at radius 3 is 2.85 bits per heavy atom. The fourth-order valence-electron chi connectivity index (χ4n) is 2.33. The summed E-state index contributed by atoms with van der Waals surface area (Å²) in [4.78, 5) is 37.0. The Labute approximate surface area is 120 Å². The minimum atomic E-state index is -1.16. The summed E-state index contributed by atoms with van der Waals surface area (Å²) in [6.45, 7) is 1.78. The van der Waals surface area contributed by atoms with E-state index >= 15 is 0 Å². The standard InChI is InChI=1S/C13H16N2O4S/c1-13(12(18)19)5-3-6-15(13)10(16)8-14-11(17)9-4-2-7-20-9/h2,4,7H,3,5-6,8H2,1H3,(H,14,17)(H,18,19). The number of amides is 2. The number of carbonyl (C=O) groups excluding carboxylic acids is 2. The maximum absolute atomic E-state index is 12.1. The quantitative estimate of drug-likeness (QED) is 0.866. The van der Waals surface area contributed by atoms with Crippen molar-refractivity contribution >= 4 is 29.1 Å². The van der Waals surface area contributed by atoms with E-state index in [1.165, 1.54) is 16.2 Å². The molecule has 1 unspecified atom stereocenters. The molecule has 2 rings (SSSR count). The zero-order valence-electron chi connectivity index (χ0n) is 11.1. The lowest BCUT2D eigenvalue weighted by Gasteiger charge is -2.31. The highest BCUT2D eigenvalue weighted by Gasteiger charge is 2.45. The molecule has 1 aromatic rings. The Hall–Kier alpha value is -1.89. The first-order chi connectivity index (χ1) is 9.45. The van der Waals surface area contributed by atoms with Crippen LogP contribution in [-0.4, -0.2) is 46.4 Å². The minimum absolute atomic E-state index is 0.181. The summed E-state index contributed by atoms with van der Waals surface area (Å²) in [7, 11) is 0. The molecular formula is C13H16N2O4S. The molecule has 0 bridgehead atoms. The molecule has 1 aliphatic heterocycles. The number of likely N-dealkylation sites (tertiary alicyclic amines) is 1. The highest BCUT2D eigenvalue weighted by atomic mass is 32.1. The Bertz CT molecular complexity index is 528. The number of carboxylic acid groups (broad SMARTS) is 1. The van der Waals surface area contributed by atoms with Gasteiger partial charge in [0.15, 0.2) is 0 Å². The lowest BCUT2D eigenvalue weighted by molar-refractivity contribution is -0.154. The van der Waals surface area contributed by atoms with E-state index in [4.69, 9.17) is 0 Å². The zero-order chi connectivity index (χ0) is 14.8. The van der Waals surface area contributed by atoms with Crippen molar-refractivity contribution in [3.8, 4) is 0 Å². The maximum atomic E-state index is 12.1. The first-order valence-electron chi connectivity index (χ1n) is 6.31. The first-order valence-corrected chi connectivity index (χ1v) is 7.18. The third-order valence-electron chi connectivity index (χ3n) is 3.55. The number of nitrogens with one attached hydrogen (secondary N) is 1. The van der Waals surface area contributed by atoms with Crippen LogP contribution in [0, 0.1) is 0 Å². The van der Waals surface area contributed by atoms with Gasteiger partial charge < -0.3 is 15.3 Å². The summed E-state index contributed by atoms with van der Waals surface area (Å²) in [6.07, 6.45) is 1.10. The molecule has 2 heterocycles. The lowest BCUT2D eigenvalue weighted by atomic mass is 9.99. The smallest absolute Gasteiger partial charge is 0.329 e. The van der Waals surface area contributed by atoms with Crippen LogP contribution in [0.15, 0.2) is 17.5 Å². The van der Waals surface area contributed by atoms with Crippen molar-refractivity contribution < 1.29 is 19.5 Å². The number of rotatable bonds is 4. The van der Waals surface area contributed by atoms with E-state index in [9.17, 15) is 19.5 Å². The normalized spacial score (nSPS) is 21.8. The summed E-state index contributed by atoms with van der Waals surface area (Å²) in [5.74, 6) is -1.69. The fraction of sp³-hybridized carbons (Fsp3) is 0.462. The molecule has 0 saturated carbocycles. The van der Waals surface area contributed by atoms with Crippen LogP contribution in [0.4, 0.5) is 0 Å². The molecule has 6 nitrogen and oxygen atoms in total. The molecular weight excluding hydrogens is 280 g/mol. The van der Waals surface area contributed by atoms with Crippen LogP contribution < -0.4 is 5.32 Å². The first kappa shape index (κ1) is 14.5. The SMILES string of the molecule is CC1(C(=O)O)CCCN1C(=O)CNC(=O)c1cccs1. The van der Waals surface area contributed by atoms with Crippen LogP contribution in [0.5, 0.6) is 0 Å². The van der Waals surface area contributed by atoms with Crippen molar-refractivity contribution in [2.75, 3.05) is 13.1 Å². The van der Waals surface area contributed by atoms with Crippen molar-refractivity contribution in [2.45, 2.75) is 25.3 Å². The number of hydrogen-bond acceptors (Lipinski definition) is 4. The molecule has 0 aliphatic carbocycles. The third-order valence-corrected chi connectivity index (χ3v) is 4.42. The largest absolute Gasteiger partial charge is 0.480 e. The van der Waals surface area contributed by atoms with Gasteiger partial charge in [-0.1, -0.05) is 6.07 Å². The highest BCUT2D eigenvalue weighted by molar-refractivity contribution is 7.12. The monoisotopic (exact) mass is 296 g/mol. The van der Waals surface area contributed by atoms with Crippen molar-refractivity contribution in [1.29, 1.82) is 0 Å². The topological polar surface area (TPSA) is 86.7 Å². The van der Waals surface area contributed by atoms with E-state index in [0.29, 0.717) is 24.3 Å². The predicted molar refractivity (Wildman–Crippen MR) is 73.6 cm³/mol. The van der Waals surface area contributed by atoms with Gasteiger partial charge in [0.25, 0.3) is 5.91 Å². The van der Waals surface area contributed by atoms with Gasteiger partial charge in [-0.15, -0.1) is 11.3 Å². The molecule has 2 amide bonds. The molecule has 1 aliphatic rings. The number of nitrogens with zero attached hydrogens (tertiary/aromatic N) is 1. The Morgan fingerprint density at radius 2 is 2.25 bits per heavy atom. The molecule has 1 atom stereocenters. The van der Waals surface area contributed by atoms with Crippen LogP contribution in [-0.2, 0) is 9.59 Å². The van der Waals surface area contributed by atoms with E-state index in [0.717, 1.165) is 0 Å². The molecule has 0 aromatic carbocycles. The molecule has 20 heavy (non-hydrogen) atoms. The Morgan fingerprint density at radius 1 is 1.50 bits per heavy atom. The average Bonchev–Trinajstić information content (AvgIpc) is 3.05. The molecule has 1 fully saturated rings. The number of carbonyl (C=O) groups is 3. The molecule has 7 heteroatoms. The van der Waals surface area contributed by atoms with E-state index in [1.807, 2.05) is 0 Å². The minimum Gasteiger partial charge on any atom is -0.480 e. The number of aliphatic carboxylic acids is 1. The molecule has 108 valence electrons. The molecule has 1 saturated heterocycles. The highest BCUT2D eigenvalue weighted by Crippen LogP contribution is 2.29. The number of hydrogen-bond donors (Lipinski definition) is 2. The molecule has 0 spiro atoms. The van der Waals surface area contributed by atoms with Gasteiger partial charge in [0.1, 0.15) is 5.54 Å².